The summed E-state index contributed by atoms with van der Waals surface area (Å²) in [6.07, 6.45) is 0.0309. The first-order valence-electron chi connectivity index (χ1n) is 8.08. The van der Waals surface area contributed by atoms with Crippen LogP contribution in [-0.4, -0.2) is 30.0 Å². The summed E-state index contributed by atoms with van der Waals surface area (Å²) in [7, 11) is 1.56. The van der Waals surface area contributed by atoms with E-state index in [1.54, 1.807) is 62.6 Å². The Balaban J connectivity index is 1.70. The van der Waals surface area contributed by atoms with Crippen LogP contribution in [-0.2, 0) is 21.5 Å². The van der Waals surface area contributed by atoms with Crippen molar-refractivity contribution < 1.29 is 19.1 Å². The molecule has 1 heterocycles. The van der Waals surface area contributed by atoms with Crippen molar-refractivity contribution in [2.45, 2.75) is 18.9 Å². The number of imide groups is 1. The summed E-state index contributed by atoms with van der Waals surface area (Å²) in [5, 5.41) is 3.37. The van der Waals surface area contributed by atoms with Gasteiger partial charge in [-0.25, -0.2) is 4.79 Å². The van der Waals surface area contributed by atoms with E-state index in [1.165, 1.54) is 0 Å². The van der Waals surface area contributed by atoms with Gasteiger partial charge in [0.1, 0.15) is 11.3 Å². The lowest BCUT2D eigenvalue weighted by Crippen LogP contribution is -2.48. The van der Waals surface area contributed by atoms with Gasteiger partial charge in [0.25, 0.3) is 5.91 Å². The molecule has 2 N–H and O–H groups in total. The minimum Gasteiger partial charge on any atom is -0.497 e. The van der Waals surface area contributed by atoms with Gasteiger partial charge in [-0.2, -0.15) is 5.01 Å². The lowest BCUT2D eigenvalue weighted by atomic mass is 9.92. The Kier molecular flexibility index (Phi) is 4.62. The smallest absolute Gasteiger partial charge is 0.344 e. The van der Waals surface area contributed by atoms with E-state index < -0.39 is 23.4 Å². The topological polar surface area (TPSA) is 87.7 Å². The first-order chi connectivity index (χ1) is 12.4. The highest BCUT2D eigenvalue weighted by Gasteiger charge is 2.49. The highest BCUT2D eigenvalue weighted by molar-refractivity contribution is 6.08. The van der Waals surface area contributed by atoms with Gasteiger partial charge in [0, 0.05) is 0 Å². The van der Waals surface area contributed by atoms with Crippen LogP contribution in [0.5, 0.6) is 5.75 Å². The van der Waals surface area contributed by atoms with Crippen LogP contribution in [0.3, 0.4) is 0 Å². The van der Waals surface area contributed by atoms with Crippen LogP contribution in [0.25, 0.3) is 0 Å². The number of ether oxygens (including phenoxy) is 1. The monoisotopic (exact) mass is 353 g/mol. The molecular formula is C19H19N3O4. The Morgan fingerprint density at radius 2 is 1.77 bits per heavy atom. The zero-order valence-electron chi connectivity index (χ0n) is 14.5. The van der Waals surface area contributed by atoms with E-state index in [9.17, 15) is 14.4 Å². The number of hydrazine groups is 1. The van der Waals surface area contributed by atoms with Crippen LogP contribution < -0.4 is 15.5 Å². The molecule has 0 radical (unpaired) electrons. The predicted molar refractivity (Wildman–Crippen MR) is 94.0 cm³/mol. The number of nitrogens with zero attached hydrogens (tertiary/aromatic N) is 1. The van der Waals surface area contributed by atoms with E-state index in [1.807, 2.05) is 6.07 Å². The predicted octanol–water partition coefficient (Wildman–Crippen LogP) is 1.74. The number of rotatable bonds is 5. The van der Waals surface area contributed by atoms with Gasteiger partial charge in [-0.1, -0.05) is 42.5 Å². The maximum Gasteiger partial charge on any atom is 0.344 e. The molecule has 3 rings (SSSR count). The standard InChI is InChI=1S/C19H19N3O4/c1-19(14-6-4-3-5-7-14)17(24)22(18(25)20-19)21-16(23)12-13-8-10-15(26-2)11-9-13/h3-11H,12H2,1-2H3,(H,20,25)(H,21,23). The van der Waals surface area contributed by atoms with E-state index in [4.69, 9.17) is 4.74 Å². The fraction of sp³-hybridized carbons (Fsp3) is 0.211. The van der Waals surface area contributed by atoms with Gasteiger partial charge in [-0.05, 0) is 30.2 Å². The van der Waals surface area contributed by atoms with E-state index in [-0.39, 0.29) is 6.42 Å². The second-order valence-electron chi connectivity index (χ2n) is 6.12. The third-order valence-electron chi connectivity index (χ3n) is 4.30. The molecule has 2 aromatic carbocycles. The van der Waals surface area contributed by atoms with Gasteiger partial charge < -0.3 is 10.1 Å². The van der Waals surface area contributed by atoms with Crippen molar-refractivity contribution in [1.82, 2.24) is 15.8 Å². The van der Waals surface area contributed by atoms with Crippen molar-refractivity contribution >= 4 is 17.8 Å². The highest BCUT2D eigenvalue weighted by Crippen LogP contribution is 2.27. The summed E-state index contributed by atoms with van der Waals surface area (Å²) >= 11 is 0. The van der Waals surface area contributed by atoms with Crippen LogP contribution in [0.4, 0.5) is 4.79 Å². The molecule has 0 aliphatic carbocycles. The van der Waals surface area contributed by atoms with Crippen LogP contribution in [0.1, 0.15) is 18.1 Å². The molecule has 1 aliphatic heterocycles. The molecule has 1 aliphatic rings. The minimum atomic E-state index is -1.22. The normalized spacial score (nSPS) is 19.2. The summed E-state index contributed by atoms with van der Waals surface area (Å²) in [5.41, 5.74) is 2.55. The molecule has 2 aromatic rings. The number of urea groups is 1. The van der Waals surface area contributed by atoms with Crippen molar-refractivity contribution in [2.24, 2.45) is 0 Å². The second kappa shape index (κ2) is 6.87. The molecule has 0 aromatic heterocycles. The molecule has 1 fully saturated rings. The van der Waals surface area contributed by atoms with Crippen molar-refractivity contribution in [3.05, 3.63) is 65.7 Å². The van der Waals surface area contributed by atoms with Crippen LogP contribution in [0.2, 0.25) is 0 Å². The third-order valence-corrected chi connectivity index (χ3v) is 4.30. The number of hydrogen-bond donors (Lipinski definition) is 2. The largest absolute Gasteiger partial charge is 0.497 e. The first-order valence-corrected chi connectivity index (χ1v) is 8.08. The van der Waals surface area contributed by atoms with Crippen LogP contribution >= 0.6 is 0 Å². The van der Waals surface area contributed by atoms with Crippen LogP contribution in [0, 0.1) is 0 Å². The quantitative estimate of drug-likeness (QED) is 0.802. The highest BCUT2D eigenvalue weighted by atomic mass is 16.5. The van der Waals surface area contributed by atoms with E-state index in [2.05, 4.69) is 10.7 Å². The number of benzene rings is 2. The molecule has 7 heteroatoms. The van der Waals surface area contributed by atoms with Gasteiger partial charge in [0.15, 0.2) is 0 Å². The van der Waals surface area contributed by atoms with E-state index in [0.717, 1.165) is 10.6 Å². The van der Waals surface area contributed by atoms with Crippen molar-refractivity contribution in [1.29, 1.82) is 0 Å². The summed E-state index contributed by atoms with van der Waals surface area (Å²) in [5.74, 6) is -0.311. The number of carbonyl (C=O) groups excluding carboxylic acids is 3. The van der Waals surface area contributed by atoms with Gasteiger partial charge >= 0.3 is 6.03 Å². The lowest BCUT2D eigenvalue weighted by molar-refractivity contribution is -0.138. The van der Waals surface area contributed by atoms with Gasteiger partial charge in [0.2, 0.25) is 5.91 Å². The number of amides is 4. The molecule has 1 atom stereocenters. The van der Waals surface area contributed by atoms with E-state index >= 15 is 0 Å². The zero-order valence-corrected chi connectivity index (χ0v) is 14.5. The fourth-order valence-corrected chi connectivity index (χ4v) is 2.80. The summed E-state index contributed by atoms with van der Waals surface area (Å²) in [4.78, 5) is 37.2. The minimum absolute atomic E-state index is 0.0309. The van der Waals surface area contributed by atoms with Crippen molar-refractivity contribution in [3.8, 4) is 5.75 Å². The summed E-state index contributed by atoms with van der Waals surface area (Å²) < 4.78 is 5.07. The molecule has 7 nitrogen and oxygen atoms in total. The van der Waals surface area contributed by atoms with Gasteiger partial charge in [-0.15, -0.1) is 0 Å². The molecule has 1 saturated heterocycles. The number of nitrogens with one attached hydrogen (secondary N) is 2. The molecular weight excluding hydrogens is 334 g/mol. The Morgan fingerprint density at radius 1 is 1.12 bits per heavy atom. The fourth-order valence-electron chi connectivity index (χ4n) is 2.80. The third kappa shape index (κ3) is 3.23. The van der Waals surface area contributed by atoms with Gasteiger partial charge in [0.05, 0.1) is 13.5 Å². The maximum absolute atomic E-state index is 12.7. The Morgan fingerprint density at radius 3 is 2.38 bits per heavy atom. The Labute approximate surface area is 150 Å². The molecule has 1 unspecified atom stereocenters. The number of hydrogen-bond acceptors (Lipinski definition) is 4. The molecule has 0 saturated carbocycles. The number of carbonyl (C=O) groups is 3. The summed E-state index contributed by atoms with van der Waals surface area (Å²) in [6, 6.07) is 15.2. The molecule has 134 valence electrons. The first kappa shape index (κ1) is 17.5. The molecule has 4 amide bonds. The van der Waals surface area contributed by atoms with Crippen LogP contribution in [0.15, 0.2) is 54.6 Å². The van der Waals surface area contributed by atoms with E-state index in [0.29, 0.717) is 11.3 Å². The Hall–Kier alpha value is -3.35. The van der Waals surface area contributed by atoms with Gasteiger partial charge in [-0.3, -0.25) is 15.0 Å². The zero-order chi connectivity index (χ0) is 18.7. The summed E-state index contributed by atoms with van der Waals surface area (Å²) in [6.45, 7) is 1.61. The average molecular weight is 353 g/mol. The second-order valence-corrected chi connectivity index (χ2v) is 6.12. The number of methoxy groups -OCH3 is 1. The lowest BCUT2D eigenvalue weighted by Gasteiger charge is -2.22. The Bertz CT molecular complexity index is 836. The molecule has 0 bridgehead atoms. The molecule has 0 spiro atoms. The van der Waals surface area contributed by atoms with Crippen molar-refractivity contribution in [2.75, 3.05) is 7.11 Å². The maximum atomic E-state index is 12.7. The average Bonchev–Trinajstić information content (AvgIpc) is 2.87. The van der Waals surface area contributed by atoms with Crippen molar-refractivity contribution in [3.63, 3.8) is 0 Å². The SMILES string of the molecule is COc1ccc(CC(=O)NN2C(=O)NC(C)(c3ccccc3)C2=O)cc1. The molecule has 26 heavy (non-hydrogen) atoms.